The molecule has 0 aromatic carbocycles. The third-order valence-electron chi connectivity index (χ3n) is 2.57. The molecule has 0 aliphatic heterocycles. The van der Waals surface area contributed by atoms with Crippen molar-refractivity contribution in [1.29, 1.82) is 0 Å². The van der Waals surface area contributed by atoms with Gasteiger partial charge in [-0.25, -0.2) is 0 Å². The number of aryl methyl sites for hydroxylation is 2. The predicted molar refractivity (Wildman–Crippen MR) is 62.8 cm³/mol. The number of hydrogen-bond acceptors (Lipinski definition) is 2. The molecule has 1 atom stereocenters. The Kier molecular flexibility index (Phi) is 4.76. The first-order valence-electron chi connectivity index (χ1n) is 5.76. The minimum absolute atomic E-state index is 0.322. The second kappa shape index (κ2) is 5.86. The molecule has 1 heterocycles. The van der Waals surface area contributed by atoms with Crippen molar-refractivity contribution in [3.8, 4) is 0 Å². The smallest absolute Gasteiger partial charge is 0.0791 e. The number of aliphatic hydroxyl groups is 1. The van der Waals surface area contributed by atoms with Gasteiger partial charge in [-0.05, 0) is 38.0 Å². The molecule has 1 aromatic rings. The standard InChI is InChI=1S/C13H21NO/c1-4-5-6-7-13(15)12-8-10(2)14-11(3)9-12/h8-9,13,15H,4-7H2,1-3H3. The van der Waals surface area contributed by atoms with E-state index in [-0.39, 0.29) is 6.10 Å². The topological polar surface area (TPSA) is 33.1 Å². The molecule has 0 radical (unpaired) electrons. The zero-order valence-electron chi connectivity index (χ0n) is 9.95. The van der Waals surface area contributed by atoms with E-state index < -0.39 is 0 Å². The molecule has 2 nitrogen and oxygen atoms in total. The fourth-order valence-electron chi connectivity index (χ4n) is 1.81. The molecule has 0 aliphatic rings. The van der Waals surface area contributed by atoms with Gasteiger partial charge in [-0.3, -0.25) is 4.98 Å². The van der Waals surface area contributed by atoms with E-state index in [9.17, 15) is 5.11 Å². The highest BCUT2D eigenvalue weighted by atomic mass is 16.3. The van der Waals surface area contributed by atoms with Crippen molar-refractivity contribution in [3.63, 3.8) is 0 Å². The number of aliphatic hydroxyl groups excluding tert-OH is 1. The van der Waals surface area contributed by atoms with E-state index in [0.29, 0.717) is 0 Å². The Morgan fingerprint density at radius 2 is 1.80 bits per heavy atom. The maximum Gasteiger partial charge on any atom is 0.0791 e. The molecular formula is C13H21NO. The zero-order chi connectivity index (χ0) is 11.3. The van der Waals surface area contributed by atoms with E-state index in [2.05, 4.69) is 11.9 Å². The highest BCUT2D eigenvalue weighted by Crippen LogP contribution is 2.20. The summed E-state index contributed by atoms with van der Waals surface area (Å²) in [6, 6.07) is 3.95. The van der Waals surface area contributed by atoms with E-state index in [1.165, 1.54) is 12.8 Å². The number of hydrogen-bond donors (Lipinski definition) is 1. The predicted octanol–water partition coefficient (Wildman–Crippen LogP) is 3.31. The number of aromatic nitrogens is 1. The molecule has 0 saturated carbocycles. The quantitative estimate of drug-likeness (QED) is 0.751. The van der Waals surface area contributed by atoms with E-state index in [0.717, 1.165) is 29.8 Å². The minimum atomic E-state index is -0.322. The first kappa shape index (κ1) is 12.2. The molecule has 15 heavy (non-hydrogen) atoms. The molecule has 0 amide bonds. The summed E-state index contributed by atoms with van der Waals surface area (Å²) in [6.45, 7) is 6.11. The van der Waals surface area contributed by atoms with Gasteiger partial charge < -0.3 is 5.11 Å². The van der Waals surface area contributed by atoms with Gasteiger partial charge >= 0.3 is 0 Å². The van der Waals surface area contributed by atoms with Crippen molar-refractivity contribution in [2.45, 2.75) is 52.6 Å². The number of nitrogens with zero attached hydrogens (tertiary/aromatic N) is 1. The summed E-state index contributed by atoms with van der Waals surface area (Å²) in [5.74, 6) is 0. The van der Waals surface area contributed by atoms with Gasteiger partial charge in [0.2, 0.25) is 0 Å². The molecule has 0 saturated heterocycles. The van der Waals surface area contributed by atoms with Gasteiger partial charge in [-0.15, -0.1) is 0 Å². The van der Waals surface area contributed by atoms with Crippen LogP contribution >= 0.6 is 0 Å². The molecule has 0 spiro atoms. The van der Waals surface area contributed by atoms with Gasteiger partial charge in [0, 0.05) is 11.4 Å². The lowest BCUT2D eigenvalue weighted by Crippen LogP contribution is -2.00. The molecule has 84 valence electrons. The largest absolute Gasteiger partial charge is 0.388 e. The van der Waals surface area contributed by atoms with Crippen LogP contribution in [0, 0.1) is 13.8 Å². The SMILES string of the molecule is CCCCCC(O)c1cc(C)nc(C)c1. The number of rotatable bonds is 5. The molecule has 0 bridgehead atoms. The monoisotopic (exact) mass is 207 g/mol. The third kappa shape index (κ3) is 4.00. The zero-order valence-corrected chi connectivity index (χ0v) is 9.95. The first-order valence-corrected chi connectivity index (χ1v) is 5.76. The Hall–Kier alpha value is -0.890. The van der Waals surface area contributed by atoms with Gasteiger partial charge in [0.05, 0.1) is 6.10 Å². The average molecular weight is 207 g/mol. The van der Waals surface area contributed by atoms with Crippen LogP contribution in [0.25, 0.3) is 0 Å². The summed E-state index contributed by atoms with van der Waals surface area (Å²) < 4.78 is 0. The van der Waals surface area contributed by atoms with Gasteiger partial charge in [0.25, 0.3) is 0 Å². The highest BCUT2D eigenvalue weighted by Gasteiger charge is 2.08. The van der Waals surface area contributed by atoms with Gasteiger partial charge in [0.15, 0.2) is 0 Å². The second-order valence-corrected chi connectivity index (χ2v) is 4.19. The maximum absolute atomic E-state index is 9.97. The Bertz CT molecular complexity index is 289. The molecule has 2 heteroatoms. The Labute approximate surface area is 92.4 Å². The van der Waals surface area contributed by atoms with Crippen LogP contribution in [0.2, 0.25) is 0 Å². The van der Waals surface area contributed by atoms with Gasteiger partial charge in [0.1, 0.15) is 0 Å². The van der Waals surface area contributed by atoms with Crippen LogP contribution in [0.1, 0.15) is 55.7 Å². The summed E-state index contributed by atoms with van der Waals surface area (Å²) in [4.78, 5) is 4.30. The van der Waals surface area contributed by atoms with Crippen LogP contribution in [-0.2, 0) is 0 Å². The van der Waals surface area contributed by atoms with Crippen LogP contribution in [0.3, 0.4) is 0 Å². The molecule has 1 aromatic heterocycles. The van der Waals surface area contributed by atoms with Gasteiger partial charge in [-0.1, -0.05) is 26.2 Å². The Morgan fingerprint density at radius 1 is 1.20 bits per heavy atom. The van der Waals surface area contributed by atoms with Crippen LogP contribution in [0.4, 0.5) is 0 Å². The average Bonchev–Trinajstić information content (AvgIpc) is 2.16. The van der Waals surface area contributed by atoms with Crippen LogP contribution in [0.5, 0.6) is 0 Å². The van der Waals surface area contributed by atoms with E-state index in [4.69, 9.17) is 0 Å². The van der Waals surface area contributed by atoms with Crippen molar-refractivity contribution >= 4 is 0 Å². The van der Waals surface area contributed by atoms with Crippen LogP contribution < -0.4 is 0 Å². The van der Waals surface area contributed by atoms with Crippen LogP contribution in [-0.4, -0.2) is 10.1 Å². The third-order valence-corrected chi connectivity index (χ3v) is 2.57. The summed E-state index contributed by atoms with van der Waals surface area (Å²) in [7, 11) is 0. The summed E-state index contributed by atoms with van der Waals surface area (Å²) in [5.41, 5.74) is 2.98. The van der Waals surface area contributed by atoms with E-state index in [1.54, 1.807) is 0 Å². The summed E-state index contributed by atoms with van der Waals surface area (Å²) in [5, 5.41) is 9.97. The molecule has 0 aliphatic carbocycles. The number of pyridine rings is 1. The Balaban J connectivity index is 2.60. The molecule has 1 N–H and O–H groups in total. The Morgan fingerprint density at radius 3 is 2.33 bits per heavy atom. The molecule has 0 fully saturated rings. The van der Waals surface area contributed by atoms with Crippen molar-refractivity contribution in [1.82, 2.24) is 4.98 Å². The van der Waals surface area contributed by atoms with E-state index >= 15 is 0 Å². The highest BCUT2D eigenvalue weighted by molar-refractivity contribution is 5.22. The lowest BCUT2D eigenvalue weighted by Gasteiger charge is -2.11. The van der Waals surface area contributed by atoms with Crippen LogP contribution in [0.15, 0.2) is 12.1 Å². The summed E-state index contributed by atoms with van der Waals surface area (Å²) >= 11 is 0. The summed E-state index contributed by atoms with van der Waals surface area (Å²) in [6.07, 6.45) is 4.02. The van der Waals surface area contributed by atoms with E-state index in [1.807, 2.05) is 26.0 Å². The lowest BCUT2D eigenvalue weighted by molar-refractivity contribution is 0.163. The van der Waals surface area contributed by atoms with Crippen molar-refractivity contribution in [2.24, 2.45) is 0 Å². The van der Waals surface area contributed by atoms with Crippen molar-refractivity contribution < 1.29 is 5.11 Å². The van der Waals surface area contributed by atoms with Crippen molar-refractivity contribution in [3.05, 3.63) is 29.1 Å². The van der Waals surface area contributed by atoms with Gasteiger partial charge in [-0.2, -0.15) is 0 Å². The lowest BCUT2D eigenvalue weighted by atomic mass is 10.0. The molecule has 1 unspecified atom stereocenters. The normalized spacial score (nSPS) is 12.8. The fourth-order valence-corrected chi connectivity index (χ4v) is 1.81. The molecular weight excluding hydrogens is 186 g/mol. The maximum atomic E-state index is 9.97. The fraction of sp³-hybridized carbons (Fsp3) is 0.615. The minimum Gasteiger partial charge on any atom is -0.388 e. The number of unbranched alkanes of at least 4 members (excludes halogenated alkanes) is 2. The van der Waals surface area contributed by atoms with Crippen molar-refractivity contribution in [2.75, 3.05) is 0 Å². The first-order chi connectivity index (χ1) is 7.13. The molecule has 1 rings (SSSR count). The second-order valence-electron chi connectivity index (χ2n) is 4.19.